The van der Waals surface area contributed by atoms with Crippen LogP contribution in [0.1, 0.15) is 56.1 Å². The molecule has 39 heavy (non-hydrogen) atoms. The van der Waals surface area contributed by atoms with Crippen LogP contribution in [0.4, 0.5) is 17.6 Å². The molecule has 0 spiro atoms. The van der Waals surface area contributed by atoms with E-state index in [9.17, 15) is 4.79 Å². The van der Waals surface area contributed by atoms with Crippen molar-refractivity contribution >= 4 is 26.8 Å². The third-order valence-electron chi connectivity index (χ3n) is 6.39. The largest absolute Gasteiger partial charge is 0.465 e. The maximum Gasteiger partial charge on any atom is 0.340 e. The van der Waals surface area contributed by atoms with Crippen molar-refractivity contribution in [2.45, 2.75) is 52.2 Å². The molecular formula is C29H30F4N2O3Si. The maximum absolute atomic E-state index is 15.7. The van der Waals surface area contributed by atoms with Crippen molar-refractivity contribution in [3.05, 3.63) is 82.7 Å². The molecule has 0 N–H and O–H groups in total. The Hall–Kier alpha value is -3.50. The molecule has 1 aromatic heterocycles. The topological polar surface area (TPSA) is 53.3 Å². The maximum atomic E-state index is 15.7. The van der Waals surface area contributed by atoms with Crippen molar-refractivity contribution in [1.29, 1.82) is 0 Å². The number of benzene rings is 3. The number of carbonyl (C=O) groups is 1. The quantitative estimate of drug-likeness (QED) is 0.112. The monoisotopic (exact) mass is 558 g/mol. The second kappa shape index (κ2) is 10.2. The molecule has 0 aliphatic carbocycles. The molecule has 4 aromatic rings. The first-order valence-electron chi connectivity index (χ1n) is 12.3. The third-order valence-corrected chi connectivity index (χ3v) is 8.13. The van der Waals surface area contributed by atoms with Gasteiger partial charge >= 0.3 is 5.97 Å². The van der Waals surface area contributed by atoms with E-state index in [1.54, 1.807) is 39.0 Å². The SMILES string of the molecule is COC(=O)c1cc(C)cc2c1ncn2-c1c(F)c(F)c(-c2ccccc2C(C)(C)O[SiH2]C(C)(C)C)c(F)c1F. The van der Waals surface area contributed by atoms with Gasteiger partial charge in [0, 0.05) is 0 Å². The predicted molar refractivity (Wildman–Crippen MR) is 145 cm³/mol. The van der Waals surface area contributed by atoms with Crippen molar-refractivity contribution in [1.82, 2.24) is 9.55 Å². The predicted octanol–water partition coefficient (Wildman–Crippen LogP) is 6.90. The van der Waals surface area contributed by atoms with Crippen LogP contribution in [0.15, 0.2) is 42.7 Å². The smallest absolute Gasteiger partial charge is 0.340 e. The van der Waals surface area contributed by atoms with E-state index in [-0.39, 0.29) is 27.2 Å². The highest BCUT2D eigenvalue weighted by atomic mass is 28.2. The van der Waals surface area contributed by atoms with Gasteiger partial charge in [0.25, 0.3) is 0 Å². The number of rotatable bonds is 6. The van der Waals surface area contributed by atoms with Gasteiger partial charge < -0.3 is 9.16 Å². The average molecular weight is 559 g/mol. The van der Waals surface area contributed by atoms with Crippen LogP contribution in [-0.4, -0.2) is 32.4 Å². The van der Waals surface area contributed by atoms with E-state index in [2.05, 4.69) is 4.98 Å². The Morgan fingerprint density at radius 1 is 0.949 bits per heavy atom. The molecular weight excluding hydrogens is 528 g/mol. The fraction of sp³-hybridized carbons (Fsp3) is 0.310. The lowest BCUT2D eigenvalue weighted by Gasteiger charge is -2.32. The lowest BCUT2D eigenvalue weighted by Crippen LogP contribution is -2.28. The molecule has 0 unspecified atom stereocenters. The van der Waals surface area contributed by atoms with E-state index in [0.29, 0.717) is 11.1 Å². The Morgan fingerprint density at radius 2 is 1.56 bits per heavy atom. The number of methoxy groups -OCH3 is 1. The second-order valence-electron chi connectivity index (χ2n) is 11.2. The molecule has 5 nitrogen and oxygen atoms in total. The molecule has 0 saturated carbocycles. The van der Waals surface area contributed by atoms with Gasteiger partial charge in [-0.15, -0.1) is 0 Å². The first-order chi connectivity index (χ1) is 18.2. The van der Waals surface area contributed by atoms with Crippen LogP contribution in [0.25, 0.3) is 27.8 Å². The minimum Gasteiger partial charge on any atom is -0.465 e. The average Bonchev–Trinajstić information content (AvgIpc) is 3.29. The first kappa shape index (κ1) is 28.5. The number of hydrogen-bond donors (Lipinski definition) is 0. The number of ether oxygens (including phenoxy) is 1. The lowest BCUT2D eigenvalue weighted by molar-refractivity contribution is 0.0602. The van der Waals surface area contributed by atoms with E-state index in [1.165, 1.54) is 25.3 Å². The zero-order valence-corrected chi connectivity index (χ0v) is 24.3. The van der Waals surface area contributed by atoms with Gasteiger partial charge in [-0.1, -0.05) is 45.0 Å². The molecule has 0 saturated heterocycles. The van der Waals surface area contributed by atoms with Gasteiger partial charge in [0.2, 0.25) is 0 Å². The Kier molecular flexibility index (Phi) is 7.48. The molecule has 0 atom stereocenters. The van der Waals surface area contributed by atoms with Gasteiger partial charge in [-0.3, -0.25) is 4.57 Å². The fourth-order valence-electron chi connectivity index (χ4n) is 4.47. The normalized spacial score (nSPS) is 12.6. The summed E-state index contributed by atoms with van der Waals surface area (Å²) in [6, 6.07) is 9.28. The van der Waals surface area contributed by atoms with Crippen LogP contribution < -0.4 is 0 Å². The van der Waals surface area contributed by atoms with Crippen LogP contribution in [0, 0.1) is 30.2 Å². The molecule has 0 aliphatic rings. The molecule has 0 bridgehead atoms. The number of hydrogen-bond acceptors (Lipinski definition) is 4. The Bertz CT molecular complexity index is 1560. The number of halogens is 4. The first-order valence-corrected chi connectivity index (χ1v) is 13.6. The molecule has 3 aromatic carbocycles. The van der Waals surface area contributed by atoms with Crippen molar-refractivity contribution < 1.29 is 31.5 Å². The molecule has 0 aliphatic heterocycles. The summed E-state index contributed by atoms with van der Waals surface area (Å²) in [7, 11) is 0.108. The van der Waals surface area contributed by atoms with Crippen LogP contribution in [0.3, 0.4) is 0 Å². The van der Waals surface area contributed by atoms with Gasteiger partial charge in [-0.25, -0.2) is 27.3 Å². The lowest BCUT2D eigenvalue weighted by atomic mass is 9.89. The summed E-state index contributed by atoms with van der Waals surface area (Å²) < 4.78 is 74.8. The van der Waals surface area contributed by atoms with E-state index in [1.807, 2.05) is 20.8 Å². The number of imidazole rings is 1. The molecule has 0 radical (unpaired) electrons. The Balaban J connectivity index is 1.93. The summed E-state index contributed by atoms with van der Waals surface area (Å²) in [5.41, 5.74) is -1.62. The number of carbonyl (C=O) groups excluding carboxylic acids is 1. The summed E-state index contributed by atoms with van der Waals surface area (Å²) in [4.78, 5) is 16.3. The summed E-state index contributed by atoms with van der Waals surface area (Å²) in [6.45, 7) is 11.3. The number of fused-ring (bicyclic) bond motifs is 1. The highest BCUT2D eigenvalue weighted by Gasteiger charge is 2.33. The minimum absolute atomic E-state index is 0.0101. The van der Waals surface area contributed by atoms with Crippen molar-refractivity contribution in [2.75, 3.05) is 7.11 Å². The van der Waals surface area contributed by atoms with E-state index >= 15 is 17.6 Å². The number of aryl methyl sites for hydroxylation is 1. The Morgan fingerprint density at radius 3 is 2.15 bits per heavy atom. The second-order valence-corrected chi connectivity index (χ2v) is 13.9. The van der Waals surface area contributed by atoms with Crippen LogP contribution >= 0.6 is 0 Å². The molecule has 206 valence electrons. The molecule has 0 fully saturated rings. The van der Waals surface area contributed by atoms with Gasteiger partial charge in [0.1, 0.15) is 17.5 Å². The van der Waals surface area contributed by atoms with Crippen LogP contribution in [0.2, 0.25) is 5.04 Å². The highest BCUT2D eigenvalue weighted by molar-refractivity contribution is 6.31. The van der Waals surface area contributed by atoms with Gasteiger partial charge in [0.05, 0.1) is 29.4 Å². The summed E-state index contributed by atoms with van der Waals surface area (Å²) in [5.74, 6) is -7.01. The minimum atomic E-state index is -1.60. The van der Waals surface area contributed by atoms with Gasteiger partial charge in [-0.2, -0.15) is 0 Å². The van der Waals surface area contributed by atoms with Crippen molar-refractivity contribution in [2.24, 2.45) is 0 Å². The third kappa shape index (κ3) is 5.23. The molecule has 0 amide bonds. The summed E-state index contributed by atoms with van der Waals surface area (Å²) in [5, 5.41) is -0.0533. The highest BCUT2D eigenvalue weighted by Crippen LogP contribution is 2.41. The number of aromatic nitrogens is 2. The molecule has 4 rings (SSSR count). The van der Waals surface area contributed by atoms with E-state index < -0.39 is 55.9 Å². The van der Waals surface area contributed by atoms with Crippen molar-refractivity contribution in [3.8, 4) is 16.8 Å². The van der Waals surface area contributed by atoms with E-state index in [4.69, 9.17) is 9.16 Å². The Labute approximate surface area is 226 Å². The zero-order chi connectivity index (χ0) is 28.9. The van der Waals surface area contributed by atoms with Crippen LogP contribution in [-0.2, 0) is 14.8 Å². The number of nitrogens with zero attached hydrogens (tertiary/aromatic N) is 2. The van der Waals surface area contributed by atoms with E-state index in [0.717, 1.165) is 10.9 Å². The fourth-order valence-corrected chi connectivity index (χ4v) is 5.42. The van der Waals surface area contributed by atoms with Crippen molar-refractivity contribution in [3.63, 3.8) is 0 Å². The zero-order valence-electron chi connectivity index (χ0n) is 22.9. The summed E-state index contributed by atoms with van der Waals surface area (Å²) in [6.07, 6.45) is 1.01. The standard InChI is InChI=1S/C29H30F4N2O3Si/c1-15-12-17(27(36)37-7)25-19(13-15)35(14-34-25)26-23(32)21(30)20(22(31)24(26)33)16-10-8-9-11-18(16)29(5,6)38-39-28(2,3)4/h8-14H,39H2,1-7H3. The number of esters is 1. The molecule has 1 heterocycles. The van der Waals surface area contributed by atoms with Gasteiger partial charge in [0.15, 0.2) is 33.0 Å². The van der Waals surface area contributed by atoms with Crippen LogP contribution in [0.5, 0.6) is 0 Å². The van der Waals surface area contributed by atoms with Gasteiger partial charge in [-0.05, 0) is 54.6 Å². The summed E-state index contributed by atoms with van der Waals surface area (Å²) >= 11 is 0. The molecule has 10 heteroatoms.